The number of ether oxygens (including phenoxy) is 1. The van der Waals surface area contributed by atoms with Gasteiger partial charge < -0.3 is 10.5 Å². The van der Waals surface area contributed by atoms with Crippen LogP contribution in [0.1, 0.15) is 32.1 Å². The van der Waals surface area contributed by atoms with Gasteiger partial charge in [-0.1, -0.05) is 0 Å². The van der Waals surface area contributed by atoms with Crippen molar-refractivity contribution in [3.05, 3.63) is 0 Å². The summed E-state index contributed by atoms with van der Waals surface area (Å²) in [4.78, 5) is 0. The minimum absolute atomic E-state index is 0.519. The fourth-order valence-electron chi connectivity index (χ4n) is 4.78. The first-order chi connectivity index (χ1) is 6.76. The van der Waals surface area contributed by atoms with Crippen LogP contribution in [0.4, 0.5) is 0 Å². The molecular formula is C12H21NO. The molecule has 2 nitrogen and oxygen atoms in total. The molecule has 0 saturated heterocycles. The molecule has 0 aromatic heterocycles. The molecule has 2 atom stereocenters. The molecule has 4 fully saturated rings. The van der Waals surface area contributed by atoms with Crippen LogP contribution in [0.3, 0.4) is 0 Å². The molecule has 0 amide bonds. The van der Waals surface area contributed by atoms with Gasteiger partial charge >= 0.3 is 0 Å². The Morgan fingerprint density at radius 3 is 2.36 bits per heavy atom. The van der Waals surface area contributed by atoms with Crippen LogP contribution >= 0.6 is 0 Å². The van der Waals surface area contributed by atoms with Gasteiger partial charge in [0.25, 0.3) is 0 Å². The minimum atomic E-state index is 0.519. The highest BCUT2D eigenvalue weighted by molar-refractivity contribution is 5.05. The van der Waals surface area contributed by atoms with Crippen LogP contribution < -0.4 is 5.73 Å². The lowest BCUT2D eigenvalue weighted by atomic mass is 9.48. The number of hydrogen-bond donors (Lipinski definition) is 1. The third-order valence-electron chi connectivity index (χ3n) is 5.02. The second-order valence-corrected chi connectivity index (χ2v) is 5.87. The Hall–Kier alpha value is -0.0800. The summed E-state index contributed by atoms with van der Waals surface area (Å²) in [6.45, 7) is 0.910. The first kappa shape index (κ1) is 9.17. The van der Waals surface area contributed by atoms with Gasteiger partial charge in [0.2, 0.25) is 0 Å². The van der Waals surface area contributed by atoms with E-state index in [4.69, 9.17) is 10.5 Å². The molecule has 80 valence electrons. The SMILES string of the molecule is COC1[C@H]2CC3C[C@H]1CC(CN)(C3)C2. The molecule has 4 saturated carbocycles. The van der Waals surface area contributed by atoms with E-state index in [1.165, 1.54) is 32.1 Å². The number of rotatable bonds is 2. The van der Waals surface area contributed by atoms with E-state index in [0.29, 0.717) is 11.5 Å². The maximum absolute atomic E-state index is 5.97. The predicted octanol–water partition coefficient (Wildman–Crippen LogP) is 1.79. The highest BCUT2D eigenvalue weighted by Crippen LogP contribution is 2.60. The van der Waals surface area contributed by atoms with Crippen molar-refractivity contribution in [3.8, 4) is 0 Å². The minimum Gasteiger partial charge on any atom is -0.381 e. The Kier molecular flexibility index (Phi) is 1.94. The van der Waals surface area contributed by atoms with E-state index in [9.17, 15) is 0 Å². The molecule has 0 spiro atoms. The highest BCUT2D eigenvalue weighted by Gasteiger charge is 2.54. The molecule has 4 bridgehead atoms. The number of hydrogen-bond acceptors (Lipinski definition) is 2. The van der Waals surface area contributed by atoms with Gasteiger partial charge in [-0.3, -0.25) is 0 Å². The van der Waals surface area contributed by atoms with Crippen LogP contribution in [-0.2, 0) is 4.74 Å². The Balaban J connectivity index is 1.88. The van der Waals surface area contributed by atoms with Gasteiger partial charge in [0.1, 0.15) is 0 Å². The van der Waals surface area contributed by atoms with Crippen molar-refractivity contribution in [2.75, 3.05) is 13.7 Å². The largest absolute Gasteiger partial charge is 0.381 e. The van der Waals surface area contributed by atoms with Crippen molar-refractivity contribution >= 4 is 0 Å². The first-order valence-corrected chi connectivity index (χ1v) is 5.99. The molecule has 4 aliphatic rings. The van der Waals surface area contributed by atoms with Crippen molar-refractivity contribution in [1.82, 2.24) is 0 Å². The lowest BCUT2D eigenvalue weighted by molar-refractivity contribution is -0.144. The molecule has 0 aromatic carbocycles. The summed E-state index contributed by atoms with van der Waals surface area (Å²) in [5.41, 5.74) is 6.49. The van der Waals surface area contributed by atoms with E-state index in [0.717, 1.165) is 24.3 Å². The van der Waals surface area contributed by atoms with Crippen molar-refractivity contribution in [2.45, 2.75) is 38.2 Å². The zero-order chi connectivity index (χ0) is 9.76. The van der Waals surface area contributed by atoms with Crippen molar-refractivity contribution < 1.29 is 4.74 Å². The molecule has 4 rings (SSSR count). The third-order valence-corrected chi connectivity index (χ3v) is 5.02. The highest BCUT2D eigenvalue weighted by atomic mass is 16.5. The zero-order valence-corrected chi connectivity index (χ0v) is 9.04. The van der Waals surface area contributed by atoms with Crippen molar-refractivity contribution in [2.24, 2.45) is 28.9 Å². The summed E-state index contributed by atoms with van der Waals surface area (Å²) in [5, 5.41) is 0. The predicted molar refractivity (Wildman–Crippen MR) is 55.8 cm³/mol. The molecule has 14 heavy (non-hydrogen) atoms. The first-order valence-electron chi connectivity index (χ1n) is 5.99. The van der Waals surface area contributed by atoms with E-state index in [-0.39, 0.29) is 0 Å². The van der Waals surface area contributed by atoms with Gasteiger partial charge in [0, 0.05) is 7.11 Å². The molecule has 0 aromatic rings. The fraction of sp³-hybridized carbons (Fsp3) is 1.00. The fourth-order valence-corrected chi connectivity index (χ4v) is 4.78. The third kappa shape index (κ3) is 1.10. The number of nitrogens with two attached hydrogens (primary N) is 1. The summed E-state index contributed by atoms with van der Waals surface area (Å²) in [7, 11) is 1.89. The summed E-state index contributed by atoms with van der Waals surface area (Å²) in [6.07, 6.45) is 7.48. The monoisotopic (exact) mass is 195 g/mol. The van der Waals surface area contributed by atoms with Crippen LogP contribution in [0.25, 0.3) is 0 Å². The topological polar surface area (TPSA) is 35.2 Å². The molecule has 4 aliphatic carbocycles. The van der Waals surface area contributed by atoms with Crippen LogP contribution in [0, 0.1) is 23.2 Å². The number of methoxy groups -OCH3 is 1. The van der Waals surface area contributed by atoms with E-state index in [1.807, 2.05) is 7.11 Å². The summed E-state index contributed by atoms with van der Waals surface area (Å²) in [5.74, 6) is 2.63. The second-order valence-electron chi connectivity index (χ2n) is 5.87. The van der Waals surface area contributed by atoms with Crippen molar-refractivity contribution in [3.63, 3.8) is 0 Å². The van der Waals surface area contributed by atoms with E-state index >= 15 is 0 Å². The Morgan fingerprint density at radius 1 is 1.21 bits per heavy atom. The molecule has 2 heteroatoms. The molecular weight excluding hydrogens is 174 g/mol. The van der Waals surface area contributed by atoms with E-state index in [1.54, 1.807) is 0 Å². The van der Waals surface area contributed by atoms with Gasteiger partial charge in [-0.05, 0) is 61.8 Å². The summed E-state index contributed by atoms with van der Waals surface area (Å²) in [6, 6.07) is 0. The van der Waals surface area contributed by atoms with Crippen LogP contribution in [0.5, 0.6) is 0 Å². The van der Waals surface area contributed by atoms with Crippen molar-refractivity contribution in [1.29, 1.82) is 0 Å². The van der Waals surface area contributed by atoms with E-state index < -0.39 is 0 Å². The van der Waals surface area contributed by atoms with Crippen LogP contribution in [0.15, 0.2) is 0 Å². The summed E-state index contributed by atoms with van der Waals surface area (Å²) >= 11 is 0. The smallest absolute Gasteiger partial charge is 0.0628 e. The maximum Gasteiger partial charge on any atom is 0.0628 e. The standard InChI is InChI=1S/C12H21NO/c1-14-11-9-2-8-3-10(11)6-12(4-8,5-9)7-13/h8-11H,2-7,13H2,1H3/t8?,9-,10-,11?,12?/m0/s1. The van der Waals surface area contributed by atoms with E-state index in [2.05, 4.69) is 0 Å². The maximum atomic E-state index is 5.97. The average Bonchev–Trinajstić information content (AvgIpc) is 2.17. The molecule has 0 radical (unpaired) electrons. The molecule has 0 unspecified atom stereocenters. The van der Waals surface area contributed by atoms with Gasteiger partial charge in [0.15, 0.2) is 0 Å². The quantitative estimate of drug-likeness (QED) is 0.729. The van der Waals surface area contributed by atoms with Crippen LogP contribution in [-0.4, -0.2) is 19.8 Å². The Morgan fingerprint density at radius 2 is 1.86 bits per heavy atom. The average molecular weight is 195 g/mol. The lowest BCUT2D eigenvalue weighted by Gasteiger charge is -2.59. The van der Waals surface area contributed by atoms with Crippen LogP contribution in [0.2, 0.25) is 0 Å². The lowest BCUT2D eigenvalue weighted by Crippen LogP contribution is -2.56. The van der Waals surface area contributed by atoms with Gasteiger partial charge in [-0.2, -0.15) is 0 Å². The Labute approximate surface area is 86.2 Å². The Bertz CT molecular complexity index is 224. The van der Waals surface area contributed by atoms with Gasteiger partial charge in [-0.15, -0.1) is 0 Å². The zero-order valence-electron chi connectivity index (χ0n) is 9.04. The van der Waals surface area contributed by atoms with Gasteiger partial charge in [-0.25, -0.2) is 0 Å². The second kappa shape index (κ2) is 2.96. The van der Waals surface area contributed by atoms with Gasteiger partial charge in [0.05, 0.1) is 6.10 Å². The summed E-state index contributed by atoms with van der Waals surface area (Å²) < 4.78 is 5.68. The molecule has 0 heterocycles. The molecule has 2 N–H and O–H groups in total. The molecule has 0 aliphatic heterocycles. The normalized spacial score (nSPS) is 55.3.